The Labute approximate surface area is 149 Å². The van der Waals surface area contributed by atoms with Crippen LogP contribution in [0.2, 0.25) is 0 Å². The molecule has 8 nitrogen and oxygen atoms in total. The van der Waals surface area contributed by atoms with Crippen molar-refractivity contribution in [3.63, 3.8) is 0 Å². The van der Waals surface area contributed by atoms with Gasteiger partial charge in [0.25, 0.3) is 0 Å². The maximum atomic E-state index is 12.3. The zero-order valence-corrected chi connectivity index (χ0v) is 15.9. The quantitative estimate of drug-likeness (QED) is 0.368. The maximum absolute atomic E-state index is 12.3. The average molecular weight is 433 g/mol. The maximum Gasteiger partial charge on any atom is 0.316 e. The fourth-order valence-corrected chi connectivity index (χ4v) is 3.69. The first-order valence-electron chi connectivity index (χ1n) is 6.47. The second-order valence-electron chi connectivity index (χ2n) is 4.51. The monoisotopic (exact) mass is 431 g/mol. The predicted molar refractivity (Wildman–Crippen MR) is 92.8 cm³/mol. The summed E-state index contributed by atoms with van der Waals surface area (Å²) < 4.78 is 32.4. The molecule has 0 aliphatic heterocycles. The lowest BCUT2D eigenvalue weighted by Crippen LogP contribution is -2.26. The van der Waals surface area contributed by atoms with E-state index in [1.54, 1.807) is 0 Å². The SMILES string of the molecule is COc1c(S(=O)(=O)NCCCCN)cc(Br)c(C)c1[N+](=O)[O-].Cl. The Kier molecular flexibility index (Phi) is 9.00. The third-order valence-electron chi connectivity index (χ3n) is 3.01. The number of hydrogen-bond acceptors (Lipinski definition) is 6. The molecule has 0 spiro atoms. The topological polar surface area (TPSA) is 125 Å². The molecule has 1 aromatic carbocycles. The highest BCUT2D eigenvalue weighted by Gasteiger charge is 2.30. The molecule has 0 aliphatic rings. The van der Waals surface area contributed by atoms with Gasteiger partial charge in [-0.05, 0) is 32.4 Å². The first kappa shape index (κ1) is 22.1. The standard InChI is InChI=1S/C12H18BrN3O5S.ClH/c1-8-9(13)7-10(12(21-2)11(8)16(17)18)22(19,20)15-6-4-3-5-14;/h7,15H,3-6,14H2,1-2H3;1H. The van der Waals surface area contributed by atoms with E-state index < -0.39 is 14.9 Å². The van der Waals surface area contributed by atoms with Crippen LogP contribution in [0.3, 0.4) is 0 Å². The van der Waals surface area contributed by atoms with Gasteiger partial charge in [-0.2, -0.15) is 0 Å². The lowest BCUT2D eigenvalue weighted by molar-refractivity contribution is -0.386. The van der Waals surface area contributed by atoms with E-state index in [1.165, 1.54) is 20.1 Å². The normalized spacial score (nSPS) is 11.0. The number of benzene rings is 1. The van der Waals surface area contributed by atoms with Crippen LogP contribution >= 0.6 is 28.3 Å². The molecule has 0 radical (unpaired) electrons. The zero-order valence-electron chi connectivity index (χ0n) is 12.7. The molecule has 11 heteroatoms. The Morgan fingerprint density at radius 2 is 2.04 bits per heavy atom. The molecule has 0 saturated carbocycles. The van der Waals surface area contributed by atoms with Gasteiger partial charge in [-0.15, -0.1) is 12.4 Å². The molecule has 0 saturated heterocycles. The van der Waals surface area contributed by atoms with E-state index >= 15 is 0 Å². The molecule has 0 aromatic heterocycles. The number of methoxy groups -OCH3 is 1. The van der Waals surface area contributed by atoms with Crippen LogP contribution in [0.5, 0.6) is 5.75 Å². The smallest absolute Gasteiger partial charge is 0.316 e. The Morgan fingerprint density at radius 3 is 2.52 bits per heavy atom. The van der Waals surface area contributed by atoms with E-state index in [2.05, 4.69) is 20.7 Å². The number of rotatable bonds is 8. The van der Waals surface area contributed by atoms with Crippen molar-refractivity contribution in [3.05, 3.63) is 26.2 Å². The van der Waals surface area contributed by atoms with Gasteiger partial charge < -0.3 is 10.5 Å². The molecule has 0 fully saturated rings. The highest BCUT2D eigenvalue weighted by atomic mass is 79.9. The van der Waals surface area contributed by atoms with Gasteiger partial charge in [-0.3, -0.25) is 10.1 Å². The predicted octanol–water partition coefficient (Wildman–Crippen LogP) is 2.11. The Balaban J connectivity index is 0.00000484. The van der Waals surface area contributed by atoms with Crippen LogP contribution in [0.1, 0.15) is 18.4 Å². The van der Waals surface area contributed by atoms with Gasteiger partial charge in [0.05, 0.1) is 12.0 Å². The van der Waals surface area contributed by atoms with Crippen molar-refractivity contribution >= 4 is 44.0 Å². The lowest BCUT2D eigenvalue weighted by Gasteiger charge is -2.13. The summed E-state index contributed by atoms with van der Waals surface area (Å²) in [6.45, 7) is 2.17. The number of halogens is 2. The van der Waals surface area contributed by atoms with Gasteiger partial charge in [0.1, 0.15) is 4.90 Å². The zero-order chi connectivity index (χ0) is 16.9. The van der Waals surface area contributed by atoms with Gasteiger partial charge in [-0.1, -0.05) is 15.9 Å². The largest absolute Gasteiger partial charge is 0.489 e. The van der Waals surface area contributed by atoms with Crippen LogP contribution in [0, 0.1) is 17.0 Å². The van der Waals surface area contributed by atoms with E-state index in [0.29, 0.717) is 29.4 Å². The van der Waals surface area contributed by atoms with Gasteiger partial charge >= 0.3 is 5.69 Å². The van der Waals surface area contributed by atoms with Crippen molar-refractivity contribution < 1.29 is 18.1 Å². The van der Waals surface area contributed by atoms with Crippen LogP contribution in [0.4, 0.5) is 5.69 Å². The van der Waals surface area contributed by atoms with Crippen LogP contribution < -0.4 is 15.2 Å². The third-order valence-corrected chi connectivity index (χ3v) is 5.30. The number of hydrogen-bond donors (Lipinski definition) is 2. The van der Waals surface area contributed by atoms with Crippen LogP contribution in [0.15, 0.2) is 15.4 Å². The summed E-state index contributed by atoms with van der Waals surface area (Å²) in [4.78, 5) is 10.3. The van der Waals surface area contributed by atoms with Gasteiger partial charge in [-0.25, -0.2) is 13.1 Å². The van der Waals surface area contributed by atoms with Crippen molar-refractivity contribution in [2.45, 2.75) is 24.7 Å². The second-order valence-corrected chi connectivity index (χ2v) is 7.10. The summed E-state index contributed by atoms with van der Waals surface area (Å²) in [7, 11) is -2.73. The summed E-state index contributed by atoms with van der Waals surface area (Å²) >= 11 is 3.15. The molecule has 1 aromatic rings. The fraction of sp³-hybridized carbons (Fsp3) is 0.500. The molecule has 0 aliphatic carbocycles. The van der Waals surface area contributed by atoms with Crippen LogP contribution in [0.25, 0.3) is 0 Å². The number of ether oxygens (including phenoxy) is 1. The molecule has 23 heavy (non-hydrogen) atoms. The number of nitro benzene ring substituents is 1. The minimum Gasteiger partial charge on any atom is -0.489 e. The first-order valence-corrected chi connectivity index (χ1v) is 8.75. The van der Waals surface area contributed by atoms with Gasteiger partial charge in [0.2, 0.25) is 15.8 Å². The van der Waals surface area contributed by atoms with Crippen molar-refractivity contribution in [1.82, 2.24) is 4.72 Å². The minimum atomic E-state index is -3.93. The number of nitrogens with zero attached hydrogens (tertiary/aromatic N) is 1. The lowest BCUT2D eigenvalue weighted by atomic mass is 10.2. The number of nitrogens with two attached hydrogens (primary N) is 1. The summed E-state index contributed by atoms with van der Waals surface area (Å²) in [5.74, 6) is -0.281. The molecular formula is C12H19BrClN3O5S. The van der Waals surface area contributed by atoms with Crippen molar-refractivity contribution in [2.24, 2.45) is 5.73 Å². The highest BCUT2D eigenvalue weighted by Crippen LogP contribution is 2.40. The fourth-order valence-electron chi connectivity index (χ4n) is 1.86. The van der Waals surface area contributed by atoms with Crippen LogP contribution in [-0.2, 0) is 10.0 Å². The molecule has 1 rings (SSSR count). The minimum absolute atomic E-state index is 0. The van der Waals surface area contributed by atoms with Crippen molar-refractivity contribution in [3.8, 4) is 5.75 Å². The third kappa shape index (κ3) is 5.28. The Morgan fingerprint density at radius 1 is 1.43 bits per heavy atom. The van der Waals surface area contributed by atoms with E-state index in [-0.39, 0.29) is 35.3 Å². The molecule has 0 unspecified atom stereocenters. The Bertz CT molecular complexity index is 669. The van der Waals surface area contributed by atoms with Gasteiger partial charge in [0.15, 0.2) is 0 Å². The second kappa shape index (κ2) is 9.38. The summed E-state index contributed by atoms with van der Waals surface area (Å²) in [5.41, 5.74) is 5.27. The first-order chi connectivity index (χ1) is 10.3. The average Bonchev–Trinajstić information content (AvgIpc) is 2.45. The van der Waals surface area contributed by atoms with Crippen molar-refractivity contribution in [1.29, 1.82) is 0 Å². The number of nitrogens with one attached hydrogen (secondary N) is 1. The number of sulfonamides is 1. The van der Waals surface area contributed by atoms with E-state index in [4.69, 9.17) is 10.5 Å². The number of unbranched alkanes of at least 4 members (excludes halogenated alkanes) is 1. The summed E-state index contributed by atoms with van der Waals surface area (Å²) in [5, 5.41) is 11.2. The molecule has 132 valence electrons. The molecular weight excluding hydrogens is 414 g/mol. The van der Waals surface area contributed by atoms with E-state index in [9.17, 15) is 18.5 Å². The molecule has 0 atom stereocenters. The van der Waals surface area contributed by atoms with Crippen LogP contribution in [-0.4, -0.2) is 33.5 Å². The molecule has 0 heterocycles. The van der Waals surface area contributed by atoms with E-state index in [1.807, 2.05) is 0 Å². The summed E-state index contributed by atoms with van der Waals surface area (Å²) in [6.07, 6.45) is 1.25. The highest BCUT2D eigenvalue weighted by molar-refractivity contribution is 9.10. The molecule has 3 N–H and O–H groups in total. The molecule has 0 amide bonds. The Hall–Kier alpha value is -0.940. The molecule has 0 bridgehead atoms. The van der Waals surface area contributed by atoms with Gasteiger partial charge in [0, 0.05) is 16.6 Å². The van der Waals surface area contributed by atoms with E-state index in [0.717, 1.165) is 0 Å². The summed E-state index contributed by atoms with van der Waals surface area (Å²) in [6, 6.07) is 1.30. The number of nitro groups is 1. The van der Waals surface area contributed by atoms with Crippen molar-refractivity contribution in [2.75, 3.05) is 20.2 Å².